The zero-order chi connectivity index (χ0) is 16.1. The third-order valence-electron chi connectivity index (χ3n) is 3.73. The van der Waals surface area contributed by atoms with Gasteiger partial charge in [-0.05, 0) is 35.7 Å². The van der Waals surface area contributed by atoms with Crippen molar-refractivity contribution < 1.29 is 19.4 Å². The largest absolute Gasteiger partial charge is 0.491 e. The fourth-order valence-corrected chi connectivity index (χ4v) is 2.62. The number of benzene rings is 2. The highest BCUT2D eigenvalue weighted by Crippen LogP contribution is 2.31. The molecule has 0 fully saturated rings. The van der Waals surface area contributed by atoms with Crippen molar-refractivity contribution in [1.29, 1.82) is 0 Å². The first-order valence-electron chi connectivity index (χ1n) is 7.63. The van der Waals surface area contributed by atoms with E-state index in [1.807, 2.05) is 42.5 Å². The van der Waals surface area contributed by atoms with E-state index >= 15 is 0 Å². The molecular weight excluding hydrogens is 294 g/mol. The molecule has 0 spiro atoms. The molecule has 1 amide bonds. The fraction of sp³-hybridized carbons (Fsp3) is 0.278. The van der Waals surface area contributed by atoms with Crippen molar-refractivity contribution in [1.82, 2.24) is 0 Å². The van der Waals surface area contributed by atoms with E-state index < -0.39 is 0 Å². The van der Waals surface area contributed by atoms with Crippen LogP contribution in [-0.2, 0) is 17.8 Å². The Balaban J connectivity index is 1.63. The standard InChI is InChI=1S/C18H19NO4/c20-10-11-22-16-6-7-17-15(12-16)8-9-19(17)18(21)23-13-14-4-2-1-3-5-14/h1-7,12,20H,8-11,13H2. The first kappa shape index (κ1) is 15.4. The van der Waals surface area contributed by atoms with Gasteiger partial charge in [0.2, 0.25) is 0 Å². The molecule has 0 aromatic heterocycles. The molecule has 0 unspecified atom stereocenters. The van der Waals surface area contributed by atoms with Crippen LogP contribution in [0.1, 0.15) is 11.1 Å². The molecule has 0 aliphatic carbocycles. The number of rotatable bonds is 5. The molecule has 0 saturated heterocycles. The van der Waals surface area contributed by atoms with Gasteiger partial charge in [-0.1, -0.05) is 30.3 Å². The summed E-state index contributed by atoms with van der Waals surface area (Å²) < 4.78 is 10.8. The summed E-state index contributed by atoms with van der Waals surface area (Å²) in [6.45, 7) is 1.12. The molecule has 1 aliphatic heterocycles. The van der Waals surface area contributed by atoms with E-state index in [0.29, 0.717) is 12.3 Å². The van der Waals surface area contributed by atoms with Gasteiger partial charge in [-0.25, -0.2) is 4.79 Å². The van der Waals surface area contributed by atoms with Gasteiger partial charge in [0.1, 0.15) is 19.0 Å². The van der Waals surface area contributed by atoms with E-state index in [-0.39, 0.29) is 25.9 Å². The third-order valence-corrected chi connectivity index (χ3v) is 3.73. The number of nitrogens with zero attached hydrogens (tertiary/aromatic N) is 1. The van der Waals surface area contributed by atoms with Crippen LogP contribution in [0.4, 0.5) is 10.5 Å². The van der Waals surface area contributed by atoms with Crippen molar-refractivity contribution in [3.8, 4) is 5.75 Å². The number of fused-ring (bicyclic) bond motifs is 1. The number of aliphatic hydroxyl groups is 1. The second-order valence-electron chi connectivity index (χ2n) is 5.30. The lowest BCUT2D eigenvalue weighted by molar-refractivity contribution is 0.147. The monoisotopic (exact) mass is 313 g/mol. The lowest BCUT2D eigenvalue weighted by atomic mass is 10.1. The lowest BCUT2D eigenvalue weighted by Crippen LogP contribution is -2.29. The fourth-order valence-electron chi connectivity index (χ4n) is 2.62. The summed E-state index contributed by atoms with van der Waals surface area (Å²) in [4.78, 5) is 13.9. The van der Waals surface area contributed by atoms with Gasteiger partial charge in [-0.15, -0.1) is 0 Å². The molecule has 23 heavy (non-hydrogen) atoms. The Hall–Kier alpha value is -2.53. The molecule has 2 aromatic rings. The van der Waals surface area contributed by atoms with Gasteiger partial charge in [0, 0.05) is 6.54 Å². The second-order valence-corrected chi connectivity index (χ2v) is 5.30. The normalized spacial score (nSPS) is 12.8. The van der Waals surface area contributed by atoms with E-state index in [9.17, 15) is 4.79 Å². The van der Waals surface area contributed by atoms with Crippen LogP contribution in [0.15, 0.2) is 48.5 Å². The van der Waals surface area contributed by atoms with Crippen molar-refractivity contribution >= 4 is 11.8 Å². The summed E-state index contributed by atoms with van der Waals surface area (Å²) in [7, 11) is 0. The van der Waals surface area contributed by atoms with Crippen LogP contribution < -0.4 is 9.64 Å². The summed E-state index contributed by atoms with van der Waals surface area (Å²) in [5.41, 5.74) is 2.88. The maximum atomic E-state index is 12.3. The molecule has 120 valence electrons. The molecule has 0 bridgehead atoms. The Labute approximate surface area is 135 Å². The Morgan fingerprint density at radius 2 is 2.00 bits per heavy atom. The maximum absolute atomic E-state index is 12.3. The van der Waals surface area contributed by atoms with E-state index in [1.54, 1.807) is 11.0 Å². The Bertz CT molecular complexity index is 672. The molecule has 2 aromatic carbocycles. The molecule has 1 N–H and O–H groups in total. The quantitative estimate of drug-likeness (QED) is 0.922. The van der Waals surface area contributed by atoms with Crippen LogP contribution in [0.2, 0.25) is 0 Å². The van der Waals surface area contributed by atoms with Gasteiger partial charge >= 0.3 is 6.09 Å². The van der Waals surface area contributed by atoms with Gasteiger partial charge in [0.15, 0.2) is 0 Å². The molecule has 5 nitrogen and oxygen atoms in total. The average molecular weight is 313 g/mol. The minimum Gasteiger partial charge on any atom is -0.491 e. The zero-order valence-electron chi connectivity index (χ0n) is 12.8. The summed E-state index contributed by atoms with van der Waals surface area (Å²) in [5, 5.41) is 8.79. The first-order valence-corrected chi connectivity index (χ1v) is 7.63. The average Bonchev–Trinajstić information content (AvgIpc) is 3.02. The smallest absolute Gasteiger partial charge is 0.414 e. The first-order chi connectivity index (χ1) is 11.3. The number of hydrogen-bond acceptors (Lipinski definition) is 4. The molecule has 1 heterocycles. The third kappa shape index (κ3) is 3.63. The van der Waals surface area contributed by atoms with Crippen molar-refractivity contribution in [2.45, 2.75) is 13.0 Å². The van der Waals surface area contributed by atoms with Crippen LogP contribution >= 0.6 is 0 Å². The van der Waals surface area contributed by atoms with E-state index in [0.717, 1.165) is 23.2 Å². The van der Waals surface area contributed by atoms with Crippen LogP contribution in [0.5, 0.6) is 5.75 Å². The van der Waals surface area contributed by atoms with Crippen molar-refractivity contribution in [3.05, 3.63) is 59.7 Å². The molecule has 0 atom stereocenters. The molecule has 5 heteroatoms. The number of anilines is 1. The lowest BCUT2D eigenvalue weighted by Gasteiger charge is -2.17. The number of ether oxygens (including phenoxy) is 2. The van der Waals surface area contributed by atoms with Crippen molar-refractivity contribution in [2.24, 2.45) is 0 Å². The molecule has 3 rings (SSSR count). The van der Waals surface area contributed by atoms with E-state index in [1.165, 1.54) is 0 Å². The van der Waals surface area contributed by atoms with Gasteiger partial charge in [0.05, 0.1) is 12.3 Å². The number of hydrogen-bond donors (Lipinski definition) is 1. The Kier molecular flexibility index (Phi) is 4.78. The predicted molar refractivity (Wildman–Crippen MR) is 86.7 cm³/mol. The van der Waals surface area contributed by atoms with Crippen molar-refractivity contribution in [2.75, 3.05) is 24.7 Å². The SMILES string of the molecule is O=C(OCc1ccccc1)N1CCc2cc(OCCO)ccc21. The van der Waals surface area contributed by atoms with Gasteiger partial charge in [0.25, 0.3) is 0 Å². The van der Waals surface area contributed by atoms with Gasteiger partial charge in [-0.3, -0.25) is 4.90 Å². The highest BCUT2D eigenvalue weighted by atomic mass is 16.6. The summed E-state index contributed by atoms with van der Waals surface area (Å²) in [5.74, 6) is 0.706. The minimum absolute atomic E-state index is 0.0188. The van der Waals surface area contributed by atoms with E-state index in [4.69, 9.17) is 14.6 Å². The van der Waals surface area contributed by atoms with E-state index in [2.05, 4.69) is 0 Å². The number of aliphatic hydroxyl groups excluding tert-OH is 1. The Morgan fingerprint density at radius 3 is 2.78 bits per heavy atom. The van der Waals surface area contributed by atoms with Crippen molar-refractivity contribution in [3.63, 3.8) is 0 Å². The zero-order valence-corrected chi connectivity index (χ0v) is 12.8. The Morgan fingerprint density at radius 1 is 1.17 bits per heavy atom. The molecule has 0 radical (unpaired) electrons. The summed E-state index contributed by atoms with van der Waals surface area (Å²) in [6.07, 6.45) is 0.433. The predicted octanol–water partition coefficient (Wildman–Crippen LogP) is 2.76. The van der Waals surface area contributed by atoms with Crippen LogP contribution in [0.25, 0.3) is 0 Å². The minimum atomic E-state index is -0.336. The van der Waals surface area contributed by atoms with Gasteiger partial charge in [-0.2, -0.15) is 0 Å². The molecule has 1 aliphatic rings. The molecule has 0 saturated carbocycles. The number of amides is 1. The highest BCUT2D eigenvalue weighted by Gasteiger charge is 2.26. The molecular formula is C18H19NO4. The van der Waals surface area contributed by atoms with Crippen LogP contribution in [0.3, 0.4) is 0 Å². The van der Waals surface area contributed by atoms with Crippen LogP contribution in [0, 0.1) is 0 Å². The topological polar surface area (TPSA) is 59.0 Å². The number of carbonyl (C=O) groups excluding carboxylic acids is 1. The van der Waals surface area contributed by atoms with Gasteiger partial charge < -0.3 is 14.6 Å². The number of carbonyl (C=O) groups is 1. The highest BCUT2D eigenvalue weighted by molar-refractivity contribution is 5.90. The maximum Gasteiger partial charge on any atom is 0.414 e. The summed E-state index contributed by atoms with van der Waals surface area (Å²) >= 11 is 0. The second kappa shape index (κ2) is 7.15. The summed E-state index contributed by atoms with van der Waals surface area (Å²) in [6, 6.07) is 15.2. The van der Waals surface area contributed by atoms with Crippen LogP contribution in [-0.4, -0.2) is 31.0 Å².